The molecule has 0 aliphatic carbocycles. The molecule has 1 amide bonds. The lowest BCUT2D eigenvalue weighted by Crippen LogP contribution is -2.31. The van der Waals surface area contributed by atoms with E-state index in [1.807, 2.05) is 19.0 Å². The van der Waals surface area contributed by atoms with E-state index in [-0.39, 0.29) is 6.09 Å². The van der Waals surface area contributed by atoms with Gasteiger partial charge >= 0.3 is 6.09 Å². The molecule has 47 heavy (non-hydrogen) atoms. The molecule has 0 rings (SSSR count). The number of likely N-dealkylation sites (N-methyl/N-ethyl adjacent to an activating group) is 1. The van der Waals surface area contributed by atoms with Crippen molar-refractivity contribution in [2.24, 2.45) is 5.92 Å². The fraction of sp³-hybridized carbons (Fsp3) is 0.791. The van der Waals surface area contributed by atoms with Gasteiger partial charge in [0.15, 0.2) is 0 Å². The van der Waals surface area contributed by atoms with E-state index in [4.69, 9.17) is 4.74 Å². The topological polar surface area (TPSA) is 41.6 Å². The minimum Gasteiger partial charge on any atom is -0.448 e. The number of carbonyl (C=O) groups is 1. The van der Waals surface area contributed by atoms with Crippen LogP contribution in [0.15, 0.2) is 48.6 Å². The SMILES string of the molecule is CCCCC/C=C\C/C=C\CCCCCCCCC(CCCCCCCC/C=C\C/C=C\CCCCC)CNC(=O)OCCN(C)C. The van der Waals surface area contributed by atoms with Crippen molar-refractivity contribution in [3.63, 3.8) is 0 Å². The molecule has 0 unspecified atom stereocenters. The molecule has 0 radical (unpaired) electrons. The van der Waals surface area contributed by atoms with Crippen LogP contribution in [0.25, 0.3) is 0 Å². The standard InChI is InChI=1S/C43H80N2O2/c1-5-7-9-11-13-15-17-19-21-23-25-27-29-31-33-35-37-42(41-44-43(46)47-40-39-45(3)4)38-36-34-32-30-28-26-24-22-20-18-16-14-12-10-8-6-2/h13-16,19-22,42H,5-12,17-18,23-41H2,1-4H3,(H,44,46)/b15-13-,16-14-,21-19-,22-20-. The van der Waals surface area contributed by atoms with Gasteiger partial charge in [0.05, 0.1) is 0 Å². The Balaban J connectivity index is 4.05. The molecule has 0 fully saturated rings. The van der Waals surface area contributed by atoms with Gasteiger partial charge in [0.1, 0.15) is 6.61 Å². The molecule has 0 spiro atoms. The van der Waals surface area contributed by atoms with Gasteiger partial charge in [-0.15, -0.1) is 0 Å². The number of carbonyl (C=O) groups excluding carboxylic acids is 1. The average Bonchev–Trinajstić information content (AvgIpc) is 3.06. The quantitative estimate of drug-likeness (QED) is 0.0545. The number of nitrogens with one attached hydrogen (secondary N) is 1. The van der Waals surface area contributed by atoms with Crippen molar-refractivity contribution < 1.29 is 9.53 Å². The van der Waals surface area contributed by atoms with E-state index in [1.165, 1.54) is 154 Å². The maximum Gasteiger partial charge on any atom is 0.407 e. The minimum absolute atomic E-state index is 0.258. The zero-order chi connectivity index (χ0) is 34.3. The Kier molecular flexibility index (Phi) is 37.1. The molecule has 0 aromatic carbocycles. The lowest BCUT2D eigenvalue weighted by atomic mass is 9.94. The molecule has 0 aliphatic heterocycles. The van der Waals surface area contributed by atoms with E-state index < -0.39 is 0 Å². The molecule has 4 heteroatoms. The molecule has 0 aliphatic rings. The van der Waals surface area contributed by atoms with Crippen LogP contribution in [-0.4, -0.2) is 44.8 Å². The number of alkyl carbamates (subject to hydrolysis) is 1. The van der Waals surface area contributed by atoms with Crippen molar-refractivity contribution in [2.75, 3.05) is 33.8 Å². The molecule has 0 heterocycles. The van der Waals surface area contributed by atoms with E-state index in [0.717, 1.165) is 25.9 Å². The number of allylic oxidation sites excluding steroid dienone is 8. The summed E-state index contributed by atoms with van der Waals surface area (Å²) < 4.78 is 5.37. The van der Waals surface area contributed by atoms with Gasteiger partial charge in [0.2, 0.25) is 0 Å². The molecule has 0 saturated heterocycles. The van der Waals surface area contributed by atoms with Crippen molar-refractivity contribution in [3.05, 3.63) is 48.6 Å². The van der Waals surface area contributed by atoms with Crippen molar-refractivity contribution in [2.45, 2.75) is 181 Å². The Hall–Kier alpha value is -1.81. The second-order valence-electron chi connectivity index (χ2n) is 13.9. The summed E-state index contributed by atoms with van der Waals surface area (Å²) in [7, 11) is 3.99. The lowest BCUT2D eigenvalue weighted by Gasteiger charge is -2.18. The van der Waals surface area contributed by atoms with Gasteiger partial charge in [0.25, 0.3) is 0 Å². The first-order valence-corrected chi connectivity index (χ1v) is 20.2. The van der Waals surface area contributed by atoms with E-state index >= 15 is 0 Å². The first-order valence-electron chi connectivity index (χ1n) is 20.2. The second-order valence-corrected chi connectivity index (χ2v) is 13.9. The van der Waals surface area contributed by atoms with E-state index in [0.29, 0.717) is 12.5 Å². The van der Waals surface area contributed by atoms with Gasteiger partial charge in [-0.1, -0.05) is 152 Å². The number of ether oxygens (including phenoxy) is 1. The lowest BCUT2D eigenvalue weighted by molar-refractivity contribution is 0.134. The predicted molar refractivity (Wildman–Crippen MR) is 209 cm³/mol. The zero-order valence-corrected chi connectivity index (χ0v) is 32.0. The highest BCUT2D eigenvalue weighted by Crippen LogP contribution is 2.19. The van der Waals surface area contributed by atoms with Gasteiger partial charge in [-0.3, -0.25) is 0 Å². The normalized spacial score (nSPS) is 12.3. The van der Waals surface area contributed by atoms with Crippen molar-refractivity contribution in [1.29, 1.82) is 0 Å². The number of unbranched alkanes of at least 4 members (excludes halogenated alkanes) is 18. The van der Waals surface area contributed by atoms with Crippen LogP contribution in [0.4, 0.5) is 4.79 Å². The smallest absolute Gasteiger partial charge is 0.407 e. The summed E-state index contributed by atoms with van der Waals surface area (Å²) >= 11 is 0. The van der Waals surface area contributed by atoms with Crippen molar-refractivity contribution >= 4 is 6.09 Å². The first kappa shape index (κ1) is 45.2. The third-order valence-electron chi connectivity index (χ3n) is 8.93. The molecular weight excluding hydrogens is 576 g/mol. The van der Waals surface area contributed by atoms with Crippen LogP contribution in [0, 0.1) is 5.92 Å². The summed E-state index contributed by atoms with van der Waals surface area (Å²) in [4.78, 5) is 14.2. The molecule has 0 aromatic rings. The maximum absolute atomic E-state index is 12.2. The fourth-order valence-corrected chi connectivity index (χ4v) is 5.79. The highest BCUT2D eigenvalue weighted by Gasteiger charge is 2.11. The van der Waals surface area contributed by atoms with Gasteiger partial charge in [-0.2, -0.15) is 0 Å². The third kappa shape index (κ3) is 38.5. The Labute approximate surface area is 294 Å². The van der Waals surface area contributed by atoms with Crippen LogP contribution in [-0.2, 0) is 4.74 Å². The van der Waals surface area contributed by atoms with Gasteiger partial charge in [-0.25, -0.2) is 4.79 Å². The minimum atomic E-state index is -0.258. The molecule has 0 saturated carbocycles. The van der Waals surface area contributed by atoms with E-state index in [1.54, 1.807) is 0 Å². The van der Waals surface area contributed by atoms with Crippen LogP contribution in [0.3, 0.4) is 0 Å². The molecule has 4 nitrogen and oxygen atoms in total. The van der Waals surface area contributed by atoms with Gasteiger partial charge < -0.3 is 15.0 Å². The number of amides is 1. The van der Waals surface area contributed by atoms with Crippen LogP contribution in [0.1, 0.15) is 181 Å². The van der Waals surface area contributed by atoms with Crippen LogP contribution in [0.2, 0.25) is 0 Å². The first-order chi connectivity index (χ1) is 23.1. The largest absolute Gasteiger partial charge is 0.448 e. The zero-order valence-electron chi connectivity index (χ0n) is 32.0. The number of hydrogen-bond acceptors (Lipinski definition) is 3. The van der Waals surface area contributed by atoms with E-state index in [2.05, 4.69) is 67.8 Å². The molecule has 274 valence electrons. The van der Waals surface area contributed by atoms with Crippen LogP contribution >= 0.6 is 0 Å². The molecule has 0 atom stereocenters. The second kappa shape index (κ2) is 38.6. The summed E-state index contributed by atoms with van der Waals surface area (Å²) in [6.07, 6.45) is 51.8. The molecule has 1 N–H and O–H groups in total. The molecular formula is C43H80N2O2. The summed E-state index contributed by atoms with van der Waals surface area (Å²) in [5.74, 6) is 0.563. The third-order valence-corrected chi connectivity index (χ3v) is 8.93. The summed E-state index contributed by atoms with van der Waals surface area (Å²) in [6.45, 7) is 6.48. The van der Waals surface area contributed by atoms with E-state index in [9.17, 15) is 4.79 Å². The Morgan fingerprint density at radius 3 is 1.34 bits per heavy atom. The summed E-state index contributed by atoms with van der Waals surface area (Å²) in [5.41, 5.74) is 0. The number of nitrogens with zero attached hydrogens (tertiary/aromatic N) is 1. The summed E-state index contributed by atoms with van der Waals surface area (Å²) in [5, 5.41) is 3.06. The Bertz CT molecular complexity index is 707. The fourth-order valence-electron chi connectivity index (χ4n) is 5.79. The average molecular weight is 657 g/mol. The summed E-state index contributed by atoms with van der Waals surface area (Å²) in [6, 6.07) is 0. The van der Waals surface area contributed by atoms with Crippen LogP contribution < -0.4 is 5.32 Å². The number of hydrogen-bond donors (Lipinski definition) is 1. The predicted octanol–water partition coefficient (Wildman–Crippen LogP) is 13.3. The molecule has 0 bridgehead atoms. The van der Waals surface area contributed by atoms with Crippen molar-refractivity contribution in [3.8, 4) is 0 Å². The Morgan fingerprint density at radius 2 is 0.936 bits per heavy atom. The van der Waals surface area contributed by atoms with Crippen molar-refractivity contribution in [1.82, 2.24) is 10.2 Å². The monoisotopic (exact) mass is 657 g/mol. The van der Waals surface area contributed by atoms with Gasteiger partial charge in [-0.05, 0) is 97.1 Å². The molecule has 0 aromatic heterocycles. The Morgan fingerprint density at radius 1 is 0.553 bits per heavy atom. The number of rotatable bonds is 35. The van der Waals surface area contributed by atoms with Gasteiger partial charge in [0, 0.05) is 13.1 Å². The highest BCUT2D eigenvalue weighted by molar-refractivity contribution is 5.67. The highest BCUT2D eigenvalue weighted by atomic mass is 16.5. The maximum atomic E-state index is 12.2. The van der Waals surface area contributed by atoms with Crippen LogP contribution in [0.5, 0.6) is 0 Å².